The molecule has 0 fully saturated rings. The maximum Gasteiger partial charge on any atom is 0.191 e. The Balaban J connectivity index is 1.72. The number of nitrogens with zero attached hydrogens (tertiary/aromatic N) is 3. The molecule has 0 saturated heterocycles. The fourth-order valence-corrected chi connectivity index (χ4v) is 3.99. The second-order valence-electron chi connectivity index (χ2n) is 5.27. The Bertz CT molecular complexity index is 751. The van der Waals surface area contributed by atoms with Crippen molar-refractivity contribution in [2.45, 2.75) is 31.7 Å². The fraction of sp³-hybridized carbons (Fsp3) is 0.294. The van der Waals surface area contributed by atoms with Crippen LogP contribution in [-0.2, 0) is 6.54 Å². The number of aryl methyl sites for hydroxylation is 1. The molecule has 0 bridgehead atoms. The molecule has 0 amide bonds. The lowest BCUT2D eigenvalue weighted by atomic mass is 10.1. The van der Waals surface area contributed by atoms with Gasteiger partial charge in [-0.3, -0.25) is 0 Å². The maximum atomic E-state index is 10.4. The zero-order valence-electron chi connectivity index (χ0n) is 13.1. The SMILES string of the molecule is CCn1c(SCC(O)c2ccc(C)cc2)nnc1-c1cccs1. The van der Waals surface area contributed by atoms with E-state index < -0.39 is 6.10 Å². The summed E-state index contributed by atoms with van der Waals surface area (Å²) in [6.45, 7) is 4.94. The summed E-state index contributed by atoms with van der Waals surface area (Å²) in [6.07, 6.45) is -0.507. The van der Waals surface area contributed by atoms with Crippen LogP contribution in [0.15, 0.2) is 46.9 Å². The number of aliphatic hydroxyl groups is 1. The van der Waals surface area contributed by atoms with Crippen molar-refractivity contribution in [3.05, 3.63) is 52.9 Å². The Kier molecular flexibility index (Phi) is 5.15. The van der Waals surface area contributed by atoms with E-state index in [0.717, 1.165) is 28.0 Å². The summed E-state index contributed by atoms with van der Waals surface area (Å²) in [5.41, 5.74) is 2.13. The summed E-state index contributed by atoms with van der Waals surface area (Å²) < 4.78 is 2.10. The van der Waals surface area contributed by atoms with E-state index in [9.17, 15) is 5.11 Å². The number of aliphatic hydroxyl groups excluding tert-OH is 1. The third kappa shape index (κ3) is 3.65. The van der Waals surface area contributed by atoms with Crippen molar-refractivity contribution < 1.29 is 5.11 Å². The van der Waals surface area contributed by atoms with Crippen molar-refractivity contribution in [3.8, 4) is 10.7 Å². The lowest BCUT2D eigenvalue weighted by Crippen LogP contribution is -2.03. The van der Waals surface area contributed by atoms with Gasteiger partial charge >= 0.3 is 0 Å². The van der Waals surface area contributed by atoms with E-state index in [2.05, 4.69) is 27.8 Å². The van der Waals surface area contributed by atoms with Crippen LogP contribution in [0, 0.1) is 6.92 Å². The highest BCUT2D eigenvalue weighted by Gasteiger charge is 2.16. The predicted molar refractivity (Wildman–Crippen MR) is 95.9 cm³/mol. The smallest absolute Gasteiger partial charge is 0.191 e. The monoisotopic (exact) mass is 345 g/mol. The van der Waals surface area contributed by atoms with Gasteiger partial charge in [-0.2, -0.15) is 0 Å². The molecule has 0 aliphatic rings. The average molecular weight is 345 g/mol. The molecule has 1 aromatic carbocycles. The molecule has 2 heterocycles. The van der Waals surface area contributed by atoms with Crippen molar-refractivity contribution in [3.63, 3.8) is 0 Å². The molecule has 0 saturated carbocycles. The summed E-state index contributed by atoms with van der Waals surface area (Å²) in [6, 6.07) is 12.1. The summed E-state index contributed by atoms with van der Waals surface area (Å²) >= 11 is 3.20. The molecule has 0 spiro atoms. The fourth-order valence-electron chi connectivity index (χ4n) is 2.31. The van der Waals surface area contributed by atoms with Crippen LogP contribution in [-0.4, -0.2) is 25.6 Å². The number of hydrogen-bond donors (Lipinski definition) is 1. The zero-order valence-corrected chi connectivity index (χ0v) is 14.8. The molecular weight excluding hydrogens is 326 g/mol. The van der Waals surface area contributed by atoms with Gasteiger partial charge in [0.1, 0.15) is 0 Å². The number of hydrogen-bond acceptors (Lipinski definition) is 5. The van der Waals surface area contributed by atoms with E-state index in [0.29, 0.717) is 5.75 Å². The second kappa shape index (κ2) is 7.29. The van der Waals surface area contributed by atoms with Crippen molar-refractivity contribution in [1.29, 1.82) is 0 Å². The van der Waals surface area contributed by atoms with Gasteiger partial charge in [0.25, 0.3) is 0 Å². The lowest BCUT2D eigenvalue weighted by molar-refractivity contribution is 0.204. The number of benzene rings is 1. The predicted octanol–water partition coefficient (Wildman–Crippen LogP) is 4.16. The quantitative estimate of drug-likeness (QED) is 0.682. The van der Waals surface area contributed by atoms with Gasteiger partial charge in [-0.1, -0.05) is 47.7 Å². The van der Waals surface area contributed by atoms with E-state index in [4.69, 9.17) is 0 Å². The Morgan fingerprint density at radius 1 is 1.22 bits per heavy atom. The van der Waals surface area contributed by atoms with Crippen molar-refractivity contribution in [1.82, 2.24) is 14.8 Å². The van der Waals surface area contributed by atoms with E-state index in [1.54, 1.807) is 23.1 Å². The van der Waals surface area contributed by atoms with E-state index >= 15 is 0 Å². The van der Waals surface area contributed by atoms with Crippen LogP contribution in [0.25, 0.3) is 10.7 Å². The highest BCUT2D eigenvalue weighted by molar-refractivity contribution is 7.99. The molecule has 0 aliphatic carbocycles. The molecule has 4 nitrogen and oxygen atoms in total. The summed E-state index contributed by atoms with van der Waals surface area (Å²) in [4.78, 5) is 1.12. The molecule has 1 N–H and O–H groups in total. The first-order valence-corrected chi connectivity index (χ1v) is 9.40. The minimum atomic E-state index is -0.507. The number of rotatable bonds is 6. The minimum absolute atomic E-state index is 0.507. The van der Waals surface area contributed by atoms with Gasteiger partial charge in [0.2, 0.25) is 0 Å². The molecule has 3 rings (SSSR count). The summed E-state index contributed by atoms with van der Waals surface area (Å²) in [5.74, 6) is 1.46. The summed E-state index contributed by atoms with van der Waals surface area (Å²) in [5, 5.41) is 21.8. The first-order valence-electron chi connectivity index (χ1n) is 7.53. The third-order valence-corrected chi connectivity index (χ3v) is 5.52. The molecule has 2 aromatic heterocycles. The van der Waals surface area contributed by atoms with Crippen LogP contribution in [0.4, 0.5) is 0 Å². The molecule has 6 heteroatoms. The Hall–Kier alpha value is -1.63. The van der Waals surface area contributed by atoms with E-state index in [-0.39, 0.29) is 0 Å². The molecule has 1 atom stereocenters. The van der Waals surface area contributed by atoms with Crippen LogP contribution in [0.1, 0.15) is 24.2 Å². The van der Waals surface area contributed by atoms with Crippen LogP contribution in [0.2, 0.25) is 0 Å². The van der Waals surface area contributed by atoms with E-state index in [1.807, 2.05) is 42.6 Å². The van der Waals surface area contributed by atoms with Crippen LogP contribution in [0.3, 0.4) is 0 Å². The second-order valence-corrected chi connectivity index (χ2v) is 7.20. The first-order chi connectivity index (χ1) is 11.2. The minimum Gasteiger partial charge on any atom is -0.388 e. The van der Waals surface area contributed by atoms with Crippen molar-refractivity contribution >= 4 is 23.1 Å². The van der Waals surface area contributed by atoms with Crippen LogP contribution < -0.4 is 0 Å². The third-order valence-electron chi connectivity index (χ3n) is 3.61. The average Bonchev–Trinajstić information content (AvgIpc) is 3.22. The standard InChI is InChI=1S/C17H19N3OS2/c1-3-20-16(15-5-4-10-22-15)18-19-17(20)23-11-14(21)13-8-6-12(2)7-9-13/h4-10,14,21H,3,11H2,1-2H3. The summed E-state index contributed by atoms with van der Waals surface area (Å²) in [7, 11) is 0. The maximum absolute atomic E-state index is 10.4. The Morgan fingerprint density at radius 3 is 2.65 bits per heavy atom. The normalized spacial score (nSPS) is 12.5. The van der Waals surface area contributed by atoms with Gasteiger partial charge < -0.3 is 9.67 Å². The Labute approximate surface area is 144 Å². The topological polar surface area (TPSA) is 50.9 Å². The first kappa shape index (κ1) is 16.2. The molecule has 0 aliphatic heterocycles. The molecule has 1 unspecified atom stereocenters. The molecule has 23 heavy (non-hydrogen) atoms. The van der Waals surface area contributed by atoms with Gasteiger partial charge in [0.15, 0.2) is 11.0 Å². The van der Waals surface area contributed by atoms with Gasteiger partial charge in [-0.15, -0.1) is 21.5 Å². The van der Waals surface area contributed by atoms with Crippen LogP contribution in [0.5, 0.6) is 0 Å². The lowest BCUT2D eigenvalue weighted by Gasteiger charge is -2.11. The molecule has 3 aromatic rings. The van der Waals surface area contributed by atoms with E-state index in [1.165, 1.54) is 5.56 Å². The van der Waals surface area contributed by atoms with Gasteiger partial charge in [0, 0.05) is 12.3 Å². The van der Waals surface area contributed by atoms with Gasteiger partial charge in [-0.25, -0.2) is 0 Å². The highest BCUT2D eigenvalue weighted by atomic mass is 32.2. The molecule has 0 radical (unpaired) electrons. The van der Waals surface area contributed by atoms with Gasteiger partial charge in [-0.05, 0) is 30.9 Å². The highest BCUT2D eigenvalue weighted by Crippen LogP contribution is 2.29. The molecule has 120 valence electrons. The van der Waals surface area contributed by atoms with Crippen LogP contribution >= 0.6 is 23.1 Å². The number of thioether (sulfide) groups is 1. The molecular formula is C17H19N3OS2. The van der Waals surface area contributed by atoms with Crippen molar-refractivity contribution in [2.24, 2.45) is 0 Å². The largest absolute Gasteiger partial charge is 0.388 e. The van der Waals surface area contributed by atoms with Gasteiger partial charge in [0.05, 0.1) is 11.0 Å². The number of thiophene rings is 1. The number of aromatic nitrogens is 3. The van der Waals surface area contributed by atoms with Crippen molar-refractivity contribution in [2.75, 3.05) is 5.75 Å². The Morgan fingerprint density at radius 2 is 2.00 bits per heavy atom. The zero-order chi connectivity index (χ0) is 16.2.